The number of nitrogens with zero attached hydrogens (tertiary/aromatic N) is 4. The van der Waals surface area contributed by atoms with E-state index in [4.69, 9.17) is 4.99 Å². The molecule has 3 rings (SSSR count). The van der Waals surface area contributed by atoms with Crippen molar-refractivity contribution < 1.29 is 0 Å². The number of aromatic nitrogens is 3. The average molecular weight is 492 g/mol. The van der Waals surface area contributed by atoms with E-state index in [-0.39, 0.29) is 24.0 Å². The molecular formula is C21H29IN6. The fraction of sp³-hybridized carbons (Fsp3) is 0.333. The van der Waals surface area contributed by atoms with E-state index in [9.17, 15) is 0 Å². The van der Waals surface area contributed by atoms with Crippen LogP contribution >= 0.6 is 24.0 Å². The monoisotopic (exact) mass is 492 g/mol. The Hall–Kier alpha value is -2.29. The molecule has 0 radical (unpaired) electrons. The van der Waals surface area contributed by atoms with Crippen LogP contribution in [0.3, 0.4) is 0 Å². The minimum absolute atomic E-state index is 0. The van der Waals surface area contributed by atoms with Gasteiger partial charge in [0.2, 0.25) is 0 Å². The van der Waals surface area contributed by atoms with E-state index in [0.29, 0.717) is 6.54 Å². The normalized spacial score (nSPS) is 11.1. The zero-order valence-corrected chi connectivity index (χ0v) is 18.8. The maximum absolute atomic E-state index is 4.72. The molecule has 2 aromatic heterocycles. The van der Waals surface area contributed by atoms with E-state index in [2.05, 4.69) is 68.3 Å². The SMILES string of the molecule is CCNC(=NCc1cccc(Cn2ccnc2C)c1)NCCn1cccc1.I. The number of rotatable bonds is 8. The molecule has 0 aliphatic heterocycles. The van der Waals surface area contributed by atoms with Crippen LogP contribution in [0.4, 0.5) is 0 Å². The largest absolute Gasteiger partial charge is 0.357 e. The minimum atomic E-state index is 0. The van der Waals surface area contributed by atoms with Gasteiger partial charge in [0.25, 0.3) is 0 Å². The lowest BCUT2D eigenvalue weighted by Gasteiger charge is -2.12. The van der Waals surface area contributed by atoms with E-state index in [1.165, 1.54) is 11.1 Å². The van der Waals surface area contributed by atoms with Crippen LogP contribution in [-0.2, 0) is 19.6 Å². The minimum Gasteiger partial charge on any atom is -0.357 e. The number of aryl methyl sites for hydroxylation is 1. The highest BCUT2D eigenvalue weighted by Crippen LogP contribution is 2.09. The molecule has 2 heterocycles. The van der Waals surface area contributed by atoms with Crippen molar-refractivity contribution >= 4 is 29.9 Å². The first-order valence-corrected chi connectivity index (χ1v) is 9.43. The predicted molar refractivity (Wildman–Crippen MR) is 125 cm³/mol. The van der Waals surface area contributed by atoms with Gasteiger partial charge in [-0.25, -0.2) is 9.98 Å². The second kappa shape index (κ2) is 11.5. The smallest absolute Gasteiger partial charge is 0.191 e. The lowest BCUT2D eigenvalue weighted by molar-refractivity contribution is 0.665. The molecule has 3 aromatic rings. The molecule has 1 aromatic carbocycles. The molecular weight excluding hydrogens is 463 g/mol. The van der Waals surface area contributed by atoms with Gasteiger partial charge in [0.1, 0.15) is 5.82 Å². The molecule has 0 saturated carbocycles. The Labute approximate surface area is 184 Å². The van der Waals surface area contributed by atoms with Crippen molar-refractivity contribution in [2.45, 2.75) is 33.5 Å². The van der Waals surface area contributed by atoms with Gasteiger partial charge in [-0.2, -0.15) is 0 Å². The van der Waals surface area contributed by atoms with E-state index in [1.807, 2.05) is 31.5 Å². The maximum atomic E-state index is 4.72. The van der Waals surface area contributed by atoms with Gasteiger partial charge >= 0.3 is 0 Å². The van der Waals surface area contributed by atoms with Crippen LogP contribution in [0.15, 0.2) is 66.2 Å². The highest BCUT2D eigenvalue weighted by atomic mass is 127. The van der Waals surface area contributed by atoms with E-state index in [0.717, 1.165) is 38.0 Å². The number of guanidine groups is 1. The molecule has 0 saturated heterocycles. The van der Waals surface area contributed by atoms with Gasteiger partial charge < -0.3 is 19.8 Å². The molecule has 0 amide bonds. The van der Waals surface area contributed by atoms with Gasteiger partial charge in [0.15, 0.2) is 5.96 Å². The number of hydrogen-bond donors (Lipinski definition) is 2. The fourth-order valence-electron chi connectivity index (χ4n) is 2.93. The van der Waals surface area contributed by atoms with Crippen molar-refractivity contribution in [2.24, 2.45) is 4.99 Å². The standard InChI is InChI=1S/C21H28N6.HI/c1-3-22-21(24-9-13-26-11-4-5-12-26)25-16-19-7-6-8-20(15-19)17-27-14-10-23-18(27)2;/h4-8,10-12,14-15H,3,9,13,16-17H2,1-2H3,(H2,22,24,25);1H. The van der Waals surface area contributed by atoms with Crippen molar-refractivity contribution in [2.75, 3.05) is 13.1 Å². The summed E-state index contributed by atoms with van der Waals surface area (Å²) in [7, 11) is 0. The Morgan fingerprint density at radius 3 is 2.57 bits per heavy atom. The van der Waals surface area contributed by atoms with Crippen molar-refractivity contribution in [3.05, 3.63) is 78.1 Å². The van der Waals surface area contributed by atoms with Crippen molar-refractivity contribution in [1.82, 2.24) is 24.8 Å². The van der Waals surface area contributed by atoms with Crippen LogP contribution in [0, 0.1) is 6.92 Å². The summed E-state index contributed by atoms with van der Waals surface area (Å²) in [6.45, 7) is 8.18. The summed E-state index contributed by atoms with van der Waals surface area (Å²) in [6, 6.07) is 12.7. The molecule has 150 valence electrons. The summed E-state index contributed by atoms with van der Waals surface area (Å²) in [4.78, 5) is 9.01. The van der Waals surface area contributed by atoms with E-state index >= 15 is 0 Å². The lowest BCUT2D eigenvalue weighted by atomic mass is 10.1. The summed E-state index contributed by atoms with van der Waals surface area (Å²) < 4.78 is 4.30. The molecule has 0 aliphatic carbocycles. The molecule has 7 heteroatoms. The quantitative estimate of drug-likeness (QED) is 0.288. The third-order valence-corrected chi connectivity index (χ3v) is 4.36. The fourth-order valence-corrected chi connectivity index (χ4v) is 2.93. The Morgan fingerprint density at radius 1 is 1.07 bits per heavy atom. The number of benzene rings is 1. The zero-order valence-electron chi connectivity index (χ0n) is 16.5. The van der Waals surface area contributed by atoms with Crippen LogP contribution in [0.5, 0.6) is 0 Å². The molecule has 0 aliphatic rings. The topological polar surface area (TPSA) is 59.2 Å². The van der Waals surface area contributed by atoms with Crippen molar-refractivity contribution in [3.63, 3.8) is 0 Å². The summed E-state index contributed by atoms with van der Waals surface area (Å²) in [5.41, 5.74) is 2.46. The Morgan fingerprint density at radius 2 is 1.86 bits per heavy atom. The molecule has 6 nitrogen and oxygen atoms in total. The molecule has 0 atom stereocenters. The van der Waals surface area contributed by atoms with Gasteiger partial charge in [-0.1, -0.05) is 24.3 Å². The molecule has 0 spiro atoms. The molecule has 2 N–H and O–H groups in total. The third kappa shape index (κ3) is 6.70. The van der Waals surface area contributed by atoms with Crippen molar-refractivity contribution in [1.29, 1.82) is 0 Å². The van der Waals surface area contributed by atoms with E-state index < -0.39 is 0 Å². The summed E-state index contributed by atoms with van der Waals surface area (Å²) >= 11 is 0. The highest BCUT2D eigenvalue weighted by Gasteiger charge is 2.02. The molecule has 0 fully saturated rings. The summed E-state index contributed by atoms with van der Waals surface area (Å²) in [5, 5.41) is 6.70. The van der Waals surface area contributed by atoms with E-state index in [1.54, 1.807) is 0 Å². The first-order chi connectivity index (χ1) is 13.2. The van der Waals surface area contributed by atoms with Gasteiger partial charge in [0, 0.05) is 51.0 Å². The lowest BCUT2D eigenvalue weighted by Crippen LogP contribution is -2.38. The van der Waals surface area contributed by atoms with Crippen LogP contribution < -0.4 is 10.6 Å². The highest BCUT2D eigenvalue weighted by molar-refractivity contribution is 14.0. The van der Waals surface area contributed by atoms with Gasteiger partial charge in [0.05, 0.1) is 6.54 Å². The predicted octanol–water partition coefficient (Wildman–Crippen LogP) is 3.41. The Balaban J connectivity index is 0.00000280. The number of imidazole rings is 1. The molecule has 28 heavy (non-hydrogen) atoms. The third-order valence-electron chi connectivity index (χ3n) is 4.36. The van der Waals surface area contributed by atoms with Crippen LogP contribution in [0.2, 0.25) is 0 Å². The summed E-state index contributed by atoms with van der Waals surface area (Å²) in [6.07, 6.45) is 7.99. The zero-order chi connectivity index (χ0) is 18.9. The van der Waals surface area contributed by atoms with Crippen LogP contribution in [-0.4, -0.2) is 33.2 Å². The van der Waals surface area contributed by atoms with Gasteiger partial charge in [-0.15, -0.1) is 24.0 Å². The number of halogens is 1. The Kier molecular flexibility index (Phi) is 9.06. The van der Waals surface area contributed by atoms with Gasteiger partial charge in [-0.3, -0.25) is 0 Å². The molecule has 0 unspecified atom stereocenters. The average Bonchev–Trinajstić information content (AvgIpc) is 3.32. The number of aliphatic imine (C=N–C) groups is 1. The maximum Gasteiger partial charge on any atom is 0.191 e. The second-order valence-corrected chi connectivity index (χ2v) is 6.47. The van der Waals surface area contributed by atoms with Crippen LogP contribution in [0.25, 0.3) is 0 Å². The number of hydrogen-bond acceptors (Lipinski definition) is 2. The first kappa shape index (κ1) is 22.0. The van der Waals surface area contributed by atoms with Crippen LogP contribution in [0.1, 0.15) is 23.9 Å². The van der Waals surface area contributed by atoms with Crippen molar-refractivity contribution in [3.8, 4) is 0 Å². The van der Waals surface area contributed by atoms with Gasteiger partial charge in [-0.05, 0) is 37.1 Å². The number of nitrogens with one attached hydrogen (secondary N) is 2. The molecule has 0 bridgehead atoms. The second-order valence-electron chi connectivity index (χ2n) is 6.47. The summed E-state index contributed by atoms with van der Waals surface area (Å²) in [5.74, 6) is 1.88. The first-order valence-electron chi connectivity index (χ1n) is 9.43. The Bertz CT molecular complexity index is 853.